The molecule has 1 saturated heterocycles. The third-order valence-corrected chi connectivity index (χ3v) is 4.43. The summed E-state index contributed by atoms with van der Waals surface area (Å²) in [5, 5.41) is 0. The van der Waals surface area contributed by atoms with Gasteiger partial charge in [0, 0.05) is 0 Å². The number of benzene rings is 1. The van der Waals surface area contributed by atoms with Crippen molar-refractivity contribution < 1.29 is 14.4 Å². The summed E-state index contributed by atoms with van der Waals surface area (Å²) in [5.41, 5.74) is 1.98. The first kappa shape index (κ1) is 17.0. The summed E-state index contributed by atoms with van der Waals surface area (Å²) in [6, 6.07) is 7.81. The van der Waals surface area contributed by atoms with Crippen molar-refractivity contribution in [2.45, 2.75) is 58.5 Å². The highest BCUT2D eigenvalue weighted by molar-refractivity contribution is 5.89. The van der Waals surface area contributed by atoms with Crippen LogP contribution in [0, 0.1) is 0 Å². The molecule has 0 aromatic heterocycles. The molecule has 1 aliphatic heterocycles. The minimum Gasteiger partial charge on any atom is -0.453 e. The fourth-order valence-electron chi connectivity index (χ4n) is 3.06. The third kappa shape index (κ3) is 4.84. The van der Waals surface area contributed by atoms with Crippen LogP contribution in [0.3, 0.4) is 0 Å². The molecule has 0 aliphatic carbocycles. The predicted octanol–water partition coefficient (Wildman–Crippen LogP) is 2.60. The van der Waals surface area contributed by atoms with E-state index in [1.54, 1.807) is 4.90 Å². The largest absolute Gasteiger partial charge is 0.453 e. The third-order valence-electron chi connectivity index (χ3n) is 4.43. The Bertz CT molecular complexity index is 481. The Kier molecular flexibility index (Phi) is 5.63. The van der Waals surface area contributed by atoms with Gasteiger partial charge in [-0.3, -0.25) is 0 Å². The number of esters is 1. The maximum absolute atomic E-state index is 12.2. The van der Waals surface area contributed by atoms with Gasteiger partial charge in [0.05, 0.1) is 18.7 Å². The van der Waals surface area contributed by atoms with E-state index in [1.165, 1.54) is 37.9 Å². The van der Waals surface area contributed by atoms with Crippen LogP contribution in [-0.2, 0) is 10.2 Å². The van der Waals surface area contributed by atoms with Crippen LogP contribution < -0.4 is 4.90 Å². The topological polar surface area (TPSA) is 30.7 Å². The summed E-state index contributed by atoms with van der Waals surface area (Å²) < 4.78 is 5.60. The van der Waals surface area contributed by atoms with E-state index in [1.807, 2.05) is 31.2 Å². The van der Waals surface area contributed by atoms with Crippen molar-refractivity contribution in [2.75, 3.05) is 19.6 Å². The first-order valence-electron chi connectivity index (χ1n) is 8.51. The number of hydrogen-bond donors (Lipinski definition) is 1. The van der Waals surface area contributed by atoms with Gasteiger partial charge in [-0.2, -0.15) is 0 Å². The summed E-state index contributed by atoms with van der Waals surface area (Å²) >= 11 is 0. The van der Waals surface area contributed by atoms with Crippen molar-refractivity contribution in [3.8, 4) is 0 Å². The Morgan fingerprint density at radius 3 is 2.27 bits per heavy atom. The van der Waals surface area contributed by atoms with Gasteiger partial charge in [-0.1, -0.05) is 32.9 Å². The molecule has 22 heavy (non-hydrogen) atoms. The number of likely N-dealkylation sites (tertiary alicyclic amines) is 1. The molecule has 3 nitrogen and oxygen atoms in total. The summed E-state index contributed by atoms with van der Waals surface area (Å²) in [7, 11) is 0. The van der Waals surface area contributed by atoms with Crippen LogP contribution in [0.1, 0.15) is 62.9 Å². The van der Waals surface area contributed by atoms with Gasteiger partial charge < -0.3 is 9.64 Å². The molecule has 0 spiro atoms. The zero-order valence-corrected chi connectivity index (χ0v) is 14.4. The van der Waals surface area contributed by atoms with Crippen LogP contribution in [0.25, 0.3) is 0 Å². The van der Waals surface area contributed by atoms with Crippen molar-refractivity contribution in [1.29, 1.82) is 0 Å². The van der Waals surface area contributed by atoms with E-state index in [0.717, 1.165) is 6.54 Å². The molecule has 1 heterocycles. The number of ether oxygens (including phenoxy) is 1. The number of carbonyl (C=O) groups is 1. The normalized spacial score (nSPS) is 18.0. The van der Waals surface area contributed by atoms with E-state index in [0.29, 0.717) is 5.56 Å². The van der Waals surface area contributed by atoms with Gasteiger partial charge in [0.25, 0.3) is 0 Å². The minimum atomic E-state index is -0.204. The van der Waals surface area contributed by atoms with E-state index in [2.05, 4.69) is 20.8 Å². The Labute approximate surface area is 134 Å². The number of nitrogens with one attached hydrogen (secondary N) is 1. The molecule has 1 atom stereocenters. The number of rotatable bonds is 4. The fourth-order valence-corrected chi connectivity index (χ4v) is 3.06. The molecule has 0 amide bonds. The molecule has 2 rings (SSSR count). The van der Waals surface area contributed by atoms with E-state index in [-0.39, 0.29) is 17.5 Å². The zero-order chi connectivity index (χ0) is 16.2. The second kappa shape index (κ2) is 7.28. The first-order chi connectivity index (χ1) is 10.4. The molecule has 0 bridgehead atoms. The smallest absolute Gasteiger partial charge is 0.338 e. The summed E-state index contributed by atoms with van der Waals surface area (Å²) in [5.74, 6) is -0.204. The Morgan fingerprint density at radius 2 is 1.73 bits per heavy atom. The maximum Gasteiger partial charge on any atom is 0.338 e. The van der Waals surface area contributed by atoms with E-state index in [4.69, 9.17) is 4.74 Å². The predicted molar refractivity (Wildman–Crippen MR) is 89.4 cm³/mol. The molecule has 1 aliphatic rings. The highest BCUT2D eigenvalue weighted by Gasteiger charge is 2.20. The molecule has 1 N–H and O–H groups in total. The lowest BCUT2D eigenvalue weighted by Crippen LogP contribution is -3.13. The number of carbonyl (C=O) groups excluding carboxylic acids is 1. The molecular formula is C19H30NO2+. The molecule has 0 saturated carbocycles. The molecule has 1 fully saturated rings. The van der Waals surface area contributed by atoms with Gasteiger partial charge in [-0.05, 0) is 49.3 Å². The molecular weight excluding hydrogens is 274 g/mol. The van der Waals surface area contributed by atoms with Crippen LogP contribution >= 0.6 is 0 Å². The van der Waals surface area contributed by atoms with Crippen LogP contribution in [0.15, 0.2) is 24.3 Å². The molecule has 3 heteroatoms. The fraction of sp³-hybridized carbons (Fsp3) is 0.632. The second-order valence-electron chi connectivity index (χ2n) is 7.56. The van der Waals surface area contributed by atoms with Gasteiger partial charge >= 0.3 is 5.97 Å². The molecule has 122 valence electrons. The monoisotopic (exact) mass is 304 g/mol. The maximum atomic E-state index is 12.2. The van der Waals surface area contributed by atoms with Crippen LogP contribution in [-0.4, -0.2) is 31.7 Å². The number of quaternary nitrogens is 1. The number of piperidine rings is 1. The minimum absolute atomic E-state index is 0.0251. The Morgan fingerprint density at radius 1 is 1.14 bits per heavy atom. The average Bonchev–Trinajstić information content (AvgIpc) is 2.47. The van der Waals surface area contributed by atoms with Crippen LogP contribution in [0.2, 0.25) is 0 Å². The van der Waals surface area contributed by atoms with E-state index < -0.39 is 0 Å². The Hall–Kier alpha value is -1.35. The first-order valence-corrected chi connectivity index (χ1v) is 8.51. The van der Waals surface area contributed by atoms with Crippen molar-refractivity contribution >= 4 is 5.97 Å². The highest BCUT2D eigenvalue weighted by Crippen LogP contribution is 2.22. The molecule has 0 radical (unpaired) electrons. The van der Waals surface area contributed by atoms with Gasteiger partial charge in [-0.15, -0.1) is 0 Å². The van der Waals surface area contributed by atoms with E-state index >= 15 is 0 Å². The van der Waals surface area contributed by atoms with Gasteiger partial charge in [0.15, 0.2) is 0 Å². The summed E-state index contributed by atoms with van der Waals surface area (Å²) in [6.45, 7) is 11.9. The lowest BCUT2D eigenvalue weighted by atomic mass is 9.87. The van der Waals surface area contributed by atoms with Gasteiger partial charge in [0.2, 0.25) is 0 Å². The summed E-state index contributed by atoms with van der Waals surface area (Å²) in [6.07, 6.45) is 3.91. The van der Waals surface area contributed by atoms with Gasteiger partial charge in [0.1, 0.15) is 12.6 Å². The van der Waals surface area contributed by atoms with Gasteiger partial charge in [-0.25, -0.2) is 4.79 Å². The SMILES string of the molecule is C[C@@H](C[NH+]1CCCCC1)OC(=O)c1ccc(C(C)(C)C)cc1. The Balaban J connectivity index is 1.88. The average molecular weight is 304 g/mol. The zero-order valence-electron chi connectivity index (χ0n) is 14.4. The van der Waals surface area contributed by atoms with Crippen LogP contribution in [0.4, 0.5) is 0 Å². The standard InChI is InChI=1S/C19H29NO2/c1-15(14-20-12-6-5-7-13-20)22-18(21)16-8-10-17(11-9-16)19(2,3)4/h8-11,15H,5-7,12-14H2,1-4H3/p+1/t15-/m0/s1. The van der Waals surface area contributed by atoms with Crippen molar-refractivity contribution in [3.05, 3.63) is 35.4 Å². The molecule has 1 aromatic carbocycles. The second-order valence-corrected chi connectivity index (χ2v) is 7.56. The number of hydrogen-bond acceptors (Lipinski definition) is 2. The quantitative estimate of drug-likeness (QED) is 0.867. The summed E-state index contributed by atoms with van der Waals surface area (Å²) in [4.78, 5) is 13.8. The molecule has 0 unspecified atom stereocenters. The molecule has 1 aromatic rings. The lowest BCUT2D eigenvalue weighted by molar-refractivity contribution is -0.907. The van der Waals surface area contributed by atoms with Crippen molar-refractivity contribution in [2.24, 2.45) is 0 Å². The lowest BCUT2D eigenvalue weighted by Gasteiger charge is -2.26. The van der Waals surface area contributed by atoms with Crippen molar-refractivity contribution in [1.82, 2.24) is 0 Å². The van der Waals surface area contributed by atoms with Crippen LogP contribution in [0.5, 0.6) is 0 Å². The van der Waals surface area contributed by atoms with E-state index in [9.17, 15) is 4.79 Å². The highest BCUT2D eigenvalue weighted by atomic mass is 16.5. The van der Waals surface area contributed by atoms with Crippen molar-refractivity contribution in [3.63, 3.8) is 0 Å².